The van der Waals surface area contributed by atoms with E-state index in [1.165, 1.54) is 0 Å². The molecule has 1 amide bonds. The van der Waals surface area contributed by atoms with E-state index in [2.05, 4.69) is 23.9 Å². The summed E-state index contributed by atoms with van der Waals surface area (Å²) in [6, 6.07) is 8.43. The van der Waals surface area contributed by atoms with E-state index in [1.807, 2.05) is 13.0 Å². The van der Waals surface area contributed by atoms with Gasteiger partial charge in [-0.3, -0.25) is 9.52 Å². The molecule has 1 aliphatic rings. The van der Waals surface area contributed by atoms with Crippen molar-refractivity contribution in [2.75, 3.05) is 10.5 Å². The summed E-state index contributed by atoms with van der Waals surface area (Å²) in [6.45, 7) is 8.04. The lowest BCUT2D eigenvalue weighted by Gasteiger charge is -2.34. The van der Waals surface area contributed by atoms with Crippen molar-refractivity contribution in [3.05, 3.63) is 53.0 Å². The molecule has 152 valence electrons. The van der Waals surface area contributed by atoms with Gasteiger partial charge in [0.15, 0.2) is 0 Å². The van der Waals surface area contributed by atoms with Crippen molar-refractivity contribution in [1.29, 1.82) is 0 Å². The summed E-state index contributed by atoms with van der Waals surface area (Å²) in [4.78, 5) is 12.9. The highest BCUT2D eigenvalue weighted by Gasteiger charge is 2.35. The highest BCUT2D eigenvalue weighted by atomic mass is 32.2. The van der Waals surface area contributed by atoms with E-state index < -0.39 is 10.0 Å². The number of nitrogens with one attached hydrogen (secondary N) is 2. The molecule has 1 unspecified atom stereocenters. The zero-order chi connectivity index (χ0) is 20.5. The topological polar surface area (TPSA) is 88.4 Å². The first-order valence-electron chi connectivity index (χ1n) is 9.59. The molecule has 6 nitrogen and oxygen atoms in total. The number of benzene rings is 1. The molecule has 1 aromatic heterocycles. The minimum atomic E-state index is -3.40. The lowest BCUT2D eigenvalue weighted by Crippen LogP contribution is -2.36. The number of fused-ring (bicyclic) bond motifs is 1. The third kappa shape index (κ3) is 4.76. The van der Waals surface area contributed by atoms with Gasteiger partial charge in [0.1, 0.15) is 11.5 Å². The van der Waals surface area contributed by atoms with Gasteiger partial charge in [0.2, 0.25) is 10.0 Å². The minimum absolute atomic E-state index is 0.0207. The zero-order valence-corrected chi connectivity index (χ0v) is 17.7. The third-order valence-electron chi connectivity index (χ3n) is 4.91. The van der Waals surface area contributed by atoms with Crippen LogP contribution in [0.5, 0.6) is 0 Å². The predicted octanol–water partition coefficient (Wildman–Crippen LogP) is 4.18. The summed E-state index contributed by atoms with van der Waals surface area (Å²) in [5, 5.41) is 3.10. The molecular weight excluding hydrogens is 376 g/mol. The first kappa shape index (κ1) is 20.5. The van der Waals surface area contributed by atoms with Gasteiger partial charge in [-0.25, -0.2) is 8.42 Å². The van der Waals surface area contributed by atoms with Crippen molar-refractivity contribution in [3.63, 3.8) is 0 Å². The van der Waals surface area contributed by atoms with Gasteiger partial charge < -0.3 is 9.73 Å². The highest BCUT2D eigenvalue weighted by Crippen LogP contribution is 2.42. The Morgan fingerprint density at radius 1 is 1.29 bits per heavy atom. The van der Waals surface area contributed by atoms with Gasteiger partial charge in [-0.1, -0.05) is 26.8 Å². The number of furan rings is 1. The Bertz CT molecular complexity index is 976. The number of rotatable bonds is 6. The summed E-state index contributed by atoms with van der Waals surface area (Å²) in [5.74, 6) is 1.59. The molecular formula is C21H28N2O4S. The normalized spacial score (nSPS) is 18.4. The Labute approximate surface area is 166 Å². The molecule has 1 aliphatic carbocycles. The number of aryl methyl sites for hydroxylation is 1. The lowest BCUT2D eigenvalue weighted by atomic mass is 9.74. The van der Waals surface area contributed by atoms with Crippen LogP contribution in [0.1, 0.15) is 67.1 Å². The standard InChI is InChI=1S/C21H28N2O4S/c1-5-9-28(25,26)23-16-8-6-7-15(11-16)20(24)22-18-12-21(3,4)13-19-17(18)10-14(2)27-19/h6-8,10-11,18,23H,5,9,12-13H2,1-4H3,(H,22,24). The average molecular weight is 405 g/mol. The zero-order valence-electron chi connectivity index (χ0n) is 16.8. The number of carbonyl (C=O) groups is 1. The van der Waals surface area contributed by atoms with E-state index >= 15 is 0 Å². The van der Waals surface area contributed by atoms with Gasteiger partial charge in [-0.2, -0.15) is 0 Å². The lowest BCUT2D eigenvalue weighted by molar-refractivity contribution is 0.0917. The van der Waals surface area contributed by atoms with Crippen LogP contribution in [0.25, 0.3) is 0 Å². The minimum Gasteiger partial charge on any atom is -0.466 e. The van der Waals surface area contributed by atoms with Crippen molar-refractivity contribution in [2.24, 2.45) is 5.41 Å². The van der Waals surface area contributed by atoms with E-state index in [-0.39, 0.29) is 23.1 Å². The molecule has 0 saturated heterocycles. The van der Waals surface area contributed by atoms with E-state index in [9.17, 15) is 13.2 Å². The van der Waals surface area contributed by atoms with E-state index in [0.717, 1.165) is 29.9 Å². The molecule has 0 saturated carbocycles. The third-order valence-corrected chi connectivity index (χ3v) is 6.40. The Morgan fingerprint density at radius 2 is 2.04 bits per heavy atom. The number of carbonyl (C=O) groups excluding carboxylic acids is 1. The largest absolute Gasteiger partial charge is 0.466 e. The molecule has 0 aliphatic heterocycles. The van der Waals surface area contributed by atoms with Gasteiger partial charge in [0.25, 0.3) is 5.91 Å². The summed E-state index contributed by atoms with van der Waals surface area (Å²) in [6.07, 6.45) is 2.18. The first-order chi connectivity index (χ1) is 13.1. The molecule has 2 N–H and O–H groups in total. The van der Waals surface area contributed by atoms with Crippen molar-refractivity contribution >= 4 is 21.6 Å². The Kier molecular flexibility index (Phi) is 5.57. The van der Waals surface area contributed by atoms with E-state index in [0.29, 0.717) is 17.7 Å². The second-order valence-electron chi connectivity index (χ2n) is 8.31. The molecule has 0 bridgehead atoms. The summed E-state index contributed by atoms with van der Waals surface area (Å²) in [5.41, 5.74) is 1.86. The van der Waals surface area contributed by atoms with Crippen molar-refractivity contribution < 1.29 is 17.6 Å². The van der Waals surface area contributed by atoms with Crippen molar-refractivity contribution in [2.45, 2.75) is 53.0 Å². The van der Waals surface area contributed by atoms with Gasteiger partial charge >= 0.3 is 0 Å². The Balaban J connectivity index is 1.79. The van der Waals surface area contributed by atoms with Crippen LogP contribution in [0.15, 0.2) is 34.7 Å². The smallest absolute Gasteiger partial charge is 0.251 e. The van der Waals surface area contributed by atoms with Crippen LogP contribution < -0.4 is 10.0 Å². The maximum Gasteiger partial charge on any atom is 0.251 e. The molecule has 28 heavy (non-hydrogen) atoms. The molecule has 7 heteroatoms. The van der Waals surface area contributed by atoms with Crippen molar-refractivity contribution in [1.82, 2.24) is 5.32 Å². The van der Waals surface area contributed by atoms with Crippen molar-refractivity contribution in [3.8, 4) is 0 Å². The van der Waals surface area contributed by atoms with Crippen LogP contribution in [-0.4, -0.2) is 20.1 Å². The van der Waals surface area contributed by atoms with Crippen LogP contribution in [0.2, 0.25) is 0 Å². The van der Waals surface area contributed by atoms with Crippen LogP contribution in [0.3, 0.4) is 0 Å². The molecule has 0 radical (unpaired) electrons. The predicted molar refractivity (Wildman–Crippen MR) is 110 cm³/mol. The van der Waals surface area contributed by atoms with Crippen LogP contribution in [0, 0.1) is 12.3 Å². The maximum atomic E-state index is 12.9. The number of hydrogen-bond acceptors (Lipinski definition) is 4. The average Bonchev–Trinajstić information content (AvgIpc) is 2.93. The summed E-state index contributed by atoms with van der Waals surface area (Å²) in [7, 11) is -3.40. The summed E-state index contributed by atoms with van der Waals surface area (Å²) < 4.78 is 32.3. The Morgan fingerprint density at radius 3 is 2.75 bits per heavy atom. The molecule has 3 rings (SSSR count). The molecule has 0 fully saturated rings. The monoisotopic (exact) mass is 404 g/mol. The number of hydrogen-bond donors (Lipinski definition) is 2. The van der Waals surface area contributed by atoms with Crippen LogP contribution >= 0.6 is 0 Å². The highest BCUT2D eigenvalue weighted by molar-refractivity contribution is 7.92. The maximum absolute atomic E-state index is 12.9. The fourth-order valence-corrected chi connectivity index (χ4v) is 4.90. The van der Waals surface area contributed by atoms with Gasteiger partial charge in [-0.15, -0.1) is 0 Å². The SMILES string of the molecule is CCCS(=O)(=O)Nc1cccc(C(=O)NC2CC(C)(C)Cc3oc(C)cc32)c1. The molecule has 1 atom stereocenters. The molecule has 1 aromatic carbocycles. The summed E-state index contributed by atoms with van der Waals surface area (Å²) >= 11 is 0. The number of sulfonamides is 1. The number of amides is 1. The second-order valence-corrected chi connectivity index (χ2v) is 10.2. The first-order valence-corrected chi connectivity index (χ1v) is 11.2. The van der Waals surface area contributed by atoms with Gasteiger partial charge in [-0.05, 0) is 49.4 Å². The Hall–Kier alpha value is -2.28. The van der Waals surface area contributed by atoms with Crippen LogP contribution in [0.4, 0.5) is 5.69 Å². The van der Waals surface area contributed by atoms with E-state index in [1.54, 1.807) is 31.2 Å². The van der Waals surface area contributed by atoms with Crippen LogP contribution in [-0.2, 0) is 16.4 Å². The fourth-order valence-electron chi connectivity index (χ4n) is 3.78. The van der Waals surface area contributed by atoms with E-state index in [4.69, 9.17) is 4.42 Å². The fraction of sp³-hybridized carbons (Fsp3) is 0.476. The quantitative estimate of drug-likeness (QED) is 0.756. The van der Waals surface area contributed by atoms with Gasteiger partial charge in [0.05, 0.1) is 11.8 Å². The molecule has 2 aromatic rings. The molecule has 0 spiro atoms. The number of anilines is 1. The molecule has 1 heterocycles. The van der Waals surface area contributed by atoms with Gasteiger partial charge in [0, 0.05) is 23.2 Å². The second kappa shape index (κ2) is 7.62.